The van der Waals surface area contributed by atoms with Gasteiger partial charge in [-0.05, 0) is 60.4 Å². The molecule has 2 aromatic rings. The zero-order valence-corrected chi connectivity index (χ0v) is 14.6. The molecule has 4 aliphatic rings. The minimum Gasteiger partial charge on any atom is -0.267 e. The Labute approximate surface area is 137 Å². The van der Waals surface area contributed by atoms with E-state index in [0.717, 1.165) is 0 Å². The molecule has 2 aromatic carbocycles. The molecule has 114 valence electrons. The summed E-state index contributed by atoms with van der Waals surface area (Å²) in [6.45, 7) is 6.94. The summed E-state index contributed by atoms with van der Waals surface area (Å²) >= 11 is 0. The van der Waals surface area contributed by atoms with Gasteiger partial charge >= 0.3 is 0 Å². The molecule has 0 aromatic heterocycles. The van der Waals surface area contributed by atoms with Gasteiger partial charge in [0.2, 0.25) is 0 Å². The van der Waals surface area contributed by atoms with Crippen LogP contribution in [-0.2, 0) is 0 Å². The van der Waals surface area contributed by atoms with Crippen molar-refractivity contribution in [2.45, 2.75) is 18.8 Å². The molecule has 6 rings (SSSR count). The highest BCUT2D eigenvalue weighted by Gasteiger charge is 2.43. The van der Waals surface area contributed by atoms with E-state index in [4.69, 9.17) is 4.74 Å². The van der Waals surface area contributed by atoms with Crippen molar-refractivity contribution in [1.82, 2.24) is 0 Å². The minimum atomic E-state index is -1.34. The molecule has 0 radical (unpaired) electrons. The van der Waals surface area contributed by atoms with E-state index in [1.165, 1.54) is 38.8 Å². The molecule has 2 bridgehead atoms. The first-order chi connectivity index (χ1) is 11.1. The Morgan fingerprint density at radius 1 is 0.783 bits per heavy atom. The van der Waals surface area contributed by atoms with Crippen molar-refractivity contribution in [1.29, 1.82) is 0 Å². The molecule has 1 aliphatic heterocycles. The first kappa shape index (κ1) is 13.6. The summed E-state index contributed by atoms with van der Waals surface area (Å²) in [5.41, 5.74) is 8.68. The molecular formula is C21H20NP. The van der Waals surface area contributed by atoms with Crippen LogP contribution < -0.4 is 0 Å². The maximum atomic E-state index is 5.32. The fourth-order valence-corrected chi connectivity index (χ4v) is 5.74. The van der Waals surface area contributed by atoms with Crippen molar-refractivity contribution in [3.05, 3.63) is 93.4 Å². The smallest absolute Gasteiger partial charge is 0.0551 e. The summed E-state index contributed by atoms with van der Waals surface area (Å²) in [5, 5.41) is 1.47. The lowest BCUT2D eigenvalue weighted by atomic mass is 9.63. The Hall–Kier alpha value is -1.85. The van der Waals surface area contributed by atoms with Gasteiger partial charge in [0.15, 0.2) is 0 Å². The molecule has 0 unspecified atom stereocenters. The molecule has 0 N–H and O–H groups in total. The van der Waals surface area contributed by atoms with Crippen LogP contribution in [0.15, 0.2) is 75.9 Å². The first-order valence-corrected chi connectivity index (χ1v) is 10.9. The minimum absolute atomic E-state index is 0.325. The number of hydrogen-bond donors (Lipinski definition) is 0. The molecule has 1 heterocycles. The highest BCUT2D eigenvalue weighted by atomic mass is 31.2. The number of benzene rings is 2. The van der Waals surface area contributed by atoms with Gasteiger partial charge in [0.1, 0.15) is 0 Å². The lowest BCUT2D eigenvalue weighted by molar-refractivity contribution is 0.734. The van der Waals surface area contributed by atoms with E-state index in [9.17, 15) is 0 Å². The molecule has 0 amide bonds. The summed E-state index contributed by atoms with van der Waals surface area (Å²) in [6.07, 6.45) is 2.46. The zero-order chi connectivity index (χ0) is 15.8. The van der Waals surface area contributed by atoms with Gasteiger partial charge in [0.25, 0.3) is 0 Å². The molecule has 0 saturated carbocycles. The van der Waals surface area contributed by atoms with Gasteiger partial charge in [-0.25, -0.2) is 0 Å². The lowest BCUT2D eigenvalue weighted by Gasteiger charge is -2.44. The van der Waals surface area contributed by atoms with Crippen molar-refractivity contribution in [2.24, 2.45) is 4.74 Å². The van der Waals surface area contributed by atoms with E-state index in [2.05, 4.69) is 74.9 Å². The Morgan fingerprint density at radius 3 is 1.78 bits per heavy atom. The fraction of sp³-hybridized carbons (Fsp3) is 0.238. The Balaban J connectivity index is 1.89. The van der Waals surface area contributed by atoms with E-state index in [-0.39, 0.29) is 0 Å². The molecular weight excluding hydrogens is 297 g/mol. The van der Waals surface area contributed by atoms with Crippen molar-refractivity contribution in [2.75, 3.05) is 13.3 Å². The summed E-state index contributed by atoms with van der Waals surface area (Å²) in [6, 6.07) is 17.9. The highest BCUT2D eigenvalue weighted by molar-refractivity contribution is 7.69. The average molecular weight is 317 g/mol. The quantitative estimate of drug-likeness (QED) is 0.536. The van der Waals surface area contributed by atoms with Crippen LogP contribution in [0.1, 0.15) is 41.0 Å². The van der Waals surface area contributed by atoms with Gasteiger partial charge in [-0.15, -0.1) is 0 Å². The second kappa shape index (κ2) is 4.36. The second-order valence-corrected chi connectivity index (χ2v) is 10.9. The van der Waals surface area contributed by atoms with Gasteiger partial charge < -0.3 is 0 Å². The van der Waals surface area contributed by atoms with Gasteiger partial charge in [-0.2, -0.15) is 0 Å². The van der Waals surface area contributed by atoms with Crippen LogP contribution in [0.2, 0.25) is 0 Å². The topological polar surface area (TPSA) is 12.4 Å². The van der Waals surface area contributed by atoms with Crippen LogP contribution >= 0.6 is 7.05 Å². The largest absolute Gasteiger partial charge is 0.267 e. The van der Waals surface area contributed by atoms with Crippen molar-refractivity contribution < 1.29 is 0 Å². The Morgan fingerprint density at radius 2 is 1.26 bits per heavy atom. The van der Waals surface area contributed by atoms with Crippen LogP contribution in [0.25, 0.3) is 0 Å². The van der Waals surface area contributed by atoms with Crippen molar-refractivity contribution in [3.8, 4) is 0 Å². The van der Waals surface area contributed by atoms with Gasteiger partial charge in [-0.1, -0.05) is 54.6 Å². The average Bonchev–Trinajstić information content (AvgIpc) is 2.55. The third-order valence-corrected chi connectivity index (χ3v) is 8.27. The predicted octanol–water partition coefficient (Wildman–Crippen LogP) is 5.91. The van der Waals surface area contributed by atoms with E-state index in [0.29, 0.717) is 11.8 Å². The standard InChI is InChI=1S/C21H20NP/c1-13-12-18-19-14-8-4-6-10-16(14)20(21(18)22-23(13,2)3)17-11-7-5-9-15(17)19/h4-12,19-20H,1-3H3. The summed E-state index contributed by atoms with van der Waals surface area (Å²) in [5.74, 6) is 0.687. The first-order valence-electron chi connectivity index (χ1n) is 8.26. The molecule has 0 atom stereocenters. The number of hydrogen-bond acceptors (Lipinski definition) is 1. The normalized spacial score (nSPS) is 26.0. The maximum absolute atomic E-state index is 5.32. The third-order valence-electron chi connectivity index (χ3n) is 5.70. The fourth-order valence-electron chi connectivity index (χ4n) is 4.36. The van der Waals surface area contributed by atoms with Crippen molar-refractivity contribution >= 4 is 7.05 Å². The Bertz CT molecular complexity index is 923. The summed E-state index contributed by atoms with van der Waals surface area (Å²) in [4.78, 5) is 0. The van der Waals surface area contributed by atoms with E-state index in [1.54, 1.807) is 0 Å². The van der Waals surface area contributed by atoms with Gasteiger partial charge in [0, 0.05) is 5.92 Å². The lowest BCUT2D eigenvalue weighted by Crippen LogP contribution is -2.28. The number of rotatable bonds is 0. The molecule has 2 heteroatoms. The molecule has 23 heavy (non-hydrogen) atoms. The monoisotopic (exact) mass is 317 g/mol. The molecule has 0 fully saturated rings. The van der Waals surface area contributed by atoms with Crippen LogP contribution in [0.4, 0.5) is 0 Å². The van der Waals surface area contributed by atoms with E-state index >= 15 is 0 Å². The molecule has 0 spiro atoms. The van der Waals surface area contributed by atoms with Gasteiger partial charge in [-0.3, -0.25) is 4.74 Å². The molecule has 1 nitrogen and oxygen atoms in total. The van der Waals surface area contributed by atoms with E-state index < -0.39 is 7.05 Å². The second-order valence-electron chi connectivity index (χ2n) is 7.24. The summed E-state index contributed by atoms with van der Waals surface area (Å²) < 4.78 is 5.32. The maximum Gasteiger partial charge on any atom is 0.0551 e. The SMILES string of the molecule is CC1=CC2=C(N=P1(C)C)C1c3ccccc3C2c2ccccc21. The van der Waals surface area contributed by atoms with Crippen LogP contribution in [0.5, 0.6) is 0 Å². The van der Waals surface area contributed by atoms with Crippen LogP contribution in [-0.4, -0.2) is 13.3 Å². The molecule has 3 aliphatic carbocycles. The van der Waals surface area contributed by atoms with Gasteiger partial charge in [0.05, 0.1) is 11.6 Å². The number of nitrogens with zero attached hydrogens (tertiary/aromatic N) is 1. The summed E-state index contributed by atoms with van der Waals surface area (Å²) in [7, 11) is -1.34. The zero-order valence-electron chi connectivity index (χ0n) is 13.7. The Kier molecular flexibility index (Phi) is 2.58. The highest BCUT2D eigenvalue weighted by Crippen LogP contribution is 2.63. The number of allylic oxidation sites excluding steroid dienone is 4. The van der Waals surface area contributed by atoms with Crippen LogP contribution in [0.3, 0.4) is 0 Å². The predicted molar refractivity (Wildman–Crippen MR) is 98.5 cm³/mol. The van der Waals surface area contributed by atoms with Crippen molar-refractivity contribution in [3.63, 3.8) is 0 Å². The van der Waals surface area contributed by atoms with E-state index in [1.807, 2.05) is 0 Å². The third kappa shape index (κ3) is 1.66. The molecule has 0 saturated heterocycles. The van der Waals surface area contributed by atoms with Crippen LogP contribution in [0, 0.1) is 0 Å².